The van der Waals surface area contributed by atoms with Gasteiger partial charge >= 0.3 is 0 Å². The van der Waals surface area contributed by atoms with Crippen LogP contribution in [0, 0.1) is 0 Å². The molecule has 2 rings (SSSR count). The summed E-state index contributed by atoms with van der Waals surface area (Å²) in [6.45, 7) is 2.87. The van der Waals surface area contributed by atoms with Gasteiger partial charge in [0, 0.05) is 35.5 Å². The minimum Gasteiger partial charge on any atom is -0.492 e. The van der Waals surface area contributed by atoms with Gasteiger partial charge in [0.1, 0.15) is 11.5 Å². The summed E-state index contributed by atoms with van der Waals surface area (Å²) >= 11 is 23.8. The molecule has 0 spiro atoms. The van der Waals surface area contributed by atoms with Gasteiger partial charge in [0.15, 0.2) is 0 Å². The minimum atomic E-state index is -0.197. The molecule has 0 fully saturated rings. The molecular weight excluding hydrogens is 510 g/mol. The number of halogens is 4. The smallest absolute Gasteiger partial charge is 0.220 e. The van der Waals surface area contributed by atoms with E-state index >= 15 is 0 Å². The molecule has 2 aromatic rings. The second kappa shape index (κ2) is 14.4. The Kier molecular flexibility index (Phi) is 12.0. The molecule has 0 radical (unpaired) electrons. The second-order valence-electron chi connectivity index (χ2n) is 7.33. The van der Waals surface area contributed by atoms with Crippen LogP contribution in [0.15, 0.2) is 36.4 Å². The fourth-order valence-corrected chi connectivity index (χ4v) is 3.69. The lowest BCUT2D eigenvalue weighted by Gasteiger charge is -2.15. The number of rotatable bonds is 13. The molecule has 6 nitrogen and oxygen atoms in total. The highest BCUT2D eigenvalue weighted by Gasteiger charge is 2.10. The van der Waals surface area contributed by atoms with Crippen LogP contribution in [-0.4, -0.2) is 37.6 Å². The second-order valence-corrected chi connectivity index (χ2v) is 9.01. The van der Waals surface area contributed by atoms with Crippen molar-refractivity contribution in [2.75, 3.05) is 19.8 Å². The predicted octanol–water partition coefficient (Wildman–Crippen LogP) is 5.94. The number of hydrogen-bond donors (Lipinski definition) is 2. The summed E-state index contributed by atoms with van der Waals surface area (Å²) in [5, 5.41) is 7.57. The van der Waals surface area contributed by atoms with Crippen molar-refractivity contribution in [3.8, 4) is 11.5 Å². The lowest BCUT2D eigenvalue weighted by molar-refractivity contribution is -0.123. The van der Waals surface area contributed by atoms with Crippen LogP contribution in [-0.2, 0) is 9.59 Å². The van der Waals surface area contributed by atoms with E-state index in [1.54, 1.807) is 36.4 Å². The lowest BCUT2D eigenvalue weighted by Crippen LogP contribution is -2.41. The Balaban J connectivity index is 1.53. The Hall–Kier alpha value is -1.86. The first-order chi connectivity index (χ1) is 15.7. The number of benzene rings is 2. The topological polar surface area (TPSA) is 76.7 Å². The fourth-order valence-electron chi connectivity index (χ4n) is 2.77. The van der Waals surface area contributed by atoms with Crippen molar-refractivity contribution in [3.63, 3.8) is 0 Å². The van der Waals surface area contributed by atoms with Crippen LogP contribution >= 0.6 is 46.4 Å². The quantitative estimate of drug-likeness (QED) is 0.311. The molecule has 33 heavy (non-hydrogen) atoms. The van der Waals surface area contributed by atoms with Crippen molar-refractivity contribution < 1.29 is 19.1 Å². The summed E-state index contributed by atoms with van der Waals surface area (Å²) in [7, 11) is 0. The van der Waals surface area contributed by atoms with E-state index in [2.05, 4.69) is 10.6 Å². The largest absolute Gasteiger partial charge is 0.492 e. The molecule has 180 valence electrons. The Morgan fingerprint density at radius 3 is 1.79 bits per heavy atom. The predicted molar refractivity (Wildman–Crippen MR) is 133 cm³/mol. The van der Waals surface area contributed by atoms with E-state index in [0.717, 1.165) is 0 Å². The first kappa shape index (κ1) is 27.4. The van der Waals surface area contributed by atoms with E-state index in [1.165, 1.54) is 0 Å². The summed E-state index contributed by atoms with van der Waals surface area (Å²) in [5.41, 5.74) is 0. The number of hydrogen-bond acceptors (Lipinski definition) is 4. The standard InChI is InChI=1S/C23H26Cl4N2O4/c1-15(29-23(31)5-3-11-33-21-9-7-17(25)13-19(21)27)14-28-22(30)4-2-10-32-20-8-6-16(24)12-18(20)26/h6-9,12-13,15H,2-5,10-11,14H2,1H3,(H,28,30)(H,29,31). The average molecular weight is 536 g/mol. The molecule has 0 aromatic heterocycles. The van der Waals surface area contributed by atoms with Crippen LogP contribution in [0.1, 0.15) is 32.6 Å². The molecular formula is C23H26Cl4N2O4. The van der Waals surface area contributed by atoms with Crippen LogP contribution in [0.2, 0.25) is 20.1 Å². The van der Waals surface area contributed by atoms with Gasteiger partial charge in [-0.3, -0.25) is 9.59 Å². The van der Waals surface area contributed by atoms with E-state index in [1.807, 2.05) is 6.92 Å². The van der Waals surface area contributed by atoms with Crippen molar-refractivity contribution in [1.29, 1.82) is 0 Å². The van der Waals surface area contributed by atoms with Crippen LogP contribution in [0.4, 0.5) is 0 Å². The first-order valence-electron chi connectivity index (χ1n) is 10.5. The zero-order valence-corrected chi connectivity index (χ0v) is 21.2. The third-order valence-electron chi connectivity index (χ3n) is 4.41. The maximum absolute atomic E-state index is 12.1. The van der Waals surface area contributed by atoms with E-state index in [4.69, 9.17) is 55.9 Å². The summed E-state index contributed by atoms with van der Waals surface area (Å²) < 4.78 is 11.1. The summed E-state index contributed by atoms with van der Waals surface area (Å²) in [4.78, 5) is 24.0. The van der Waals surface area contributed by atoms with Gasteiger partial charge in [-0.1, -0.05) is 46.4 Å². The van der Waals surface area contributed by atoms with Crippen LogP contribution < -0.4 is 20.1 Å². The molecule has 0 aliphatic carbocycles. The van der Waals surface area contributed by atoms with Gasteiger partial charge in [0.05, 0.1) is 23.3 Å². The van der Waals surface area contributed by atoms with E-state index in [-0.39, 0.29) is 17.9 Å². The molecule has 0 heterocycles. The third kappa shape index (κ3) is 10.7. The molecule has 1 atom stereocenters. The Morgan fingerprint density at radius 2 is 1.30 bits per heavy atom. The average Bonchev–Trinajstić information content (AvgIpc) is 2.75. The highest BCUT2D eigenvalue weighted by molar-refractivity contribution is 6.36. The Bertz CT molecular complexity index is 943. The molecule has 10 heteroatoms. The molecule has 2 N–H and O–H groups in total. The van der Waals surface area contributed by atoms with Crippen molar-refractivity contribution >= 4 is 58.2 Å². The van der Waals surface area contributed by atoms with Crippen LogP contribution in [0.3, 0.4) is 0 Å². The van der Waals surface area contributed by atoms with Gasteiger partial charge in [0.2, 0.25) is 11.8 Å². The number of ether oxygens (including phenoxy) is 2. The first-order valence-corrected chi connectivity index (χ1v) is 12.0. The SMILES string of the molecule is CC(CNC(=O)CCCOc1ccc(Cl)cc1Cl)NC(=O)CCCOc1ccc(Cl)cc1Cl. The van der Waals surface area contributed by atoms with Crippen molar-refractivity contribution in [2.24, 2.45) is 0 Å². The molecule has 0 aliphatic heterocycles. The van der Waals surface area contributed by atoms with Gasteiger partial charge in [0.25, 0.3) is 0 Å². The van der Waals surface area contributed by atoms with Crippen LogP contribution in [0.25, 0.3) is 0 Å². The molecule has 0 saturated carbocycles. The molecule has 2 aromatic carbocycles. The van der Waals surface area contributed by atoms with Gasteiger partial charge in [-0.15, -0.1) is 0 Å². The van der Waals surface area contributed by atoms with E-state index in [0.29, 0.717) is 77.0 Å². The van der Waals surface area contributed by atoms with E-state index in [9.17, 15) is 9.59 Å². The van der Waals surface area contributed by atoms with Crippen molar-refractivity contribution in [1.82, 2.24) is 10.6 Å². The molecule has 2 amide bonds. The lowest BCUT2D eigenvalue weighted by atomic mass is 10.2. The maximum Gasteiger partial charge on any atom is 0.220 e. The van der Waals surface area contributed by atoms with Gasteiger partial charge in [-0.05, 0) is 56.2 Å². The molecule has 0 aliphatic rings. The monoisotopic (exact) mass is 534 g/mol. The van der Waals surface area contributed by atoms with Crippen molar-refractivity contribution in [2.45, 2.75) is 38.6 Å². The third-order valence-corrected chi connectivity index (χ3v) is 5.47. The van der Waals surface area contributed by atoms with Crippen molar-refractivity contribution in [3.05, 3.63) is 56.5 Å². The molecule has 1 unspecified atom stereocenters. The number of carbonyl (C=O) groups is 2. The highest BCUT2D eigenvalue weighted by Crippen LogP contribution is 2.28. The maximum atomic E-state index is 12.1. The van der Waals surface area contributed by atoms with E-state index < -0.39 is 0 Å². The summed E-state index contributed by atoms with van der Waals surface area (Å²) in [6.07, 6.45) is 1.66. The Labute approximate surface area is 213 Å². The van der Waals surface area contributed by atoms with Gasteiger partial charge in [-0.25, -0.2) is 0 Å². The van der Waals surface area contributed by atoms with Gasteiger partial charge < -0.3 is 20.1 Å². The Morgan fingerprint density at radius 1 is 0.818 bits per heavy atom. The summed E-state index contributed by atoms with van der Waals surface area (Å²) in [6, 6.07) is 9.76. The number of amides is 2. The minimum absolute atomic E-state index is 0.115. The zero-order chi connectivity index (χ0) is 24.2. The zero-order valence-electron chi connectivity index (χ0n) is 18.1. The fraction of sp³-hybridized carbons (Fsp3) is 0.391. The van der Waals surface area contributed by atoms with Gasteiger partial charge in [-0.2, -0.15) is 0 Å². The molecule has 0 saturated heterocycles. The van der Waals surface area contributed by atoms with Crippen LogP contribution in [0.5, 0.6) is 11.5 Å². The number of carbonyl (C=O) groups excluding carboxylic acids is 2. The highest BCUT2D eigenvalue weighted by atomic mass is 35.5. The summed E-state index contributed by atoms with van der Waals surface area (Å²) in [5.74, 6) is 0.824. The normalized spacial score (nSPS) is 11.5. The molecule has 0 bridgehead atoms. The number of nitrogens with one attached hydrogen (secondary N) is 2.